The fourth-order valence-electron chi connectivity index (χ4n) is 1.18. The minimum absolute atomic E-state index is 0.0916. The monoisotopic (exact) mass is 299 g/mol. The van der Waals surface area contributed by atoms with Crippen molar-refractivity contribution in [2.45, 2.75) is 12.8 Å². The van der Waals surface area contributed by atoms with Crippen LogP contribution in [0.15, 0.2) is 18.2 Å². The number of nitrogens with one attached hydrogen (secondary N) is 1. The maximum absolute atomic E-state index is 13.3. The van der Waals surface area contributed by atoms with Crippen LogP contribution in [0.2, 0.25) is 5.02 Å². The van der Waals surface area contributed by atoms with Crippen LogP contribution >= 0.6 is 23.2 Å². The number of hydrogen-bond donors (Lipinski definition) is 1. The number of halogens is 3. The molecule has 0 aromatic heterocycles. The smallest absolute Gasteiger partial charge is 0.232 e. The molecule has 96 valence electrons. The van der Waals surface area contributed by atoms with Gasteiger partial charge in [-0.15, -0.1) is 11.6 Å². The molecule has 0 aliphatic carbocycles. The number of sulfonamides is 1. The Labute approximate surface area is 110 Å². The molecule has 0 saturated carbocycles. The third-order valence-electron chi connectivity index (χ3n) is 1.99. The molecule has 0 radical (unpaired) electrons. The van der Waals surface area contributed by atoms with E-state index in [0.29, 0.717) is 18.7 Å². The summed E-state index contributed by atoms with van der Waals surface area (Å²) in [7, 11) is -3.55. The van der Waals surface area contributed by atoms with Gasteiger partial charge in [0.15, 0.2) is 0 Å². The molecule has 1 aromatic carbocycles. The Balaban J connectivity index is 2.72. The average molecular weight is 300 g/mol. The van der Waals surface area contributed by atoms with E-state index in [1.165, 1.54) is 12.1 Å². The summed E-state index contributed by atoms with van der Waals surface area (Å²) < 4.78 is 38.6. The molecule has 1 aromatic rings. The molecule has 0 aliphatic rings. The molecule has 0 aliphatic heterocycles. The third kappa shape index (κ3) is 5.10. The number of rotatable bonds is 6. The topological polar surface area (TPSA) is 46.2 Å². The molecule has 1 rings (SSSR count). The Hall–Kier alpha value is -0.520. The first-order valence-electron chi connectivity index (χ1n) is 4.96. The summed E-state index contributed by atoms with van der Waals surface area (Å²) in [5, 5.41) is 0.268. The van der Waals surface area contributed by atoms with Gasteiger partial charge in [0.2, 0.25) is 10.0 Å². The van der Waals surface area contributed by atoms with Gasteiger partial charge in [-0.3, -0.25) is 4.72 Å². The van der Waals surface area contributed by atoms with E-state index < -0.39 is 15.8 Å². The van der Waals surface area contributed by atoms with Crippen molar-refractivity contribution in [3.05, 3.63) is 29.0 Å². The molecular weight excluding hydrogens is 288 g/mol. The highest BCUT2D eigenvalue weighted by molar-refractivity contribution is 7.92. The van der Waals surface area contributed by atoms with Crippen LogP contribution in [0.25, 0.3) is 0 Å². The zero-order valence-corrected chi connectivity index (χ0v) is 11.2. The van der Waals surface area contributed by atoms with E-state index in [2.05, 4.69) is 4.72 Å². The average Bonchev–Trinajstić information content (AvgIpc) is 2.23. The van der Waals surface area contributed by atoms with Crippen molar-refractivity contribution >= 4 is 38.9 Å². The van der Waals surface area contributed by atoms with Gasteiger partial charge in [-0.2, -0.15) is 0 Å². The lowest BCUT2D eigenvalue weighted by molar-refractivity contribution is 0.595. The van der Waals surface area contributed by atoms with Gasteiger partial charge in [0.05, 0.1) is 11.4 Å². The van der Waals surface area contributed by atoms with Crippen LogP contribution in [0, 0.1) is 5.82 Å². The zero-order chi connectivity index (χ0) is 12.9. The van der Waals surface area contributed by atoms with Gasteiger partial charge in [0.1, 0.15) is 5.82 Å². The lowest BCUT2D eigenvalue weighted by Crippen LogP contribution is -2.17. The molecule has 0 spiro atoms. The predicted octanol–water partition coefficient (Wildman–Crippen LogP) is 3.24. The molecule has 0 amide bonds. The number of alkyl halides is 1. The highest BCUT2D eigenvalue weighted by Gasteiger charge is 2.13. The molecule has 7 heteroatoms. The van der Waals surface area contributed by atoms with Crippen LogP contribution in [-0.4, -0.2) is 20.1 Å². The van der Waals surface area contributed by atoms with Crippen molar-refractivity contribution in [3.63, 3.8) is 0 Å². The molecule has 0 fully saturated rings. The normalized spacial score (nSPS) is 11.5. The Kier molecular flexibility index (Phi) is 5.49. The molecule has 0 heterocycles. The molecule has 1 N–H and O–H groups in total. The maximum Gasteiger partial charge on any atom is 0.232 e. The Morgan fingerprint density at radius 2 is 2.00 bits per heavy atom. The minimum Gasteiger partial charge on any atom is -0.281 e. The number of anilines is 1. The zero-order valence-electron chi connectivity index (χ0n) is 8.92. The molecule has 0 unspecified atom stereocenters. The molecule has 0 bridgehead atoms. The van der Waals surface area contributed by atoms with Crippen LogP contribution < -0.4 is 4.72 Å². The summed E-state index contributed by atoms with van der Waals surface area (Å²) in [5.74, 6) is -0.345. The van der Waals surface area contributed by atoms with Crippen molar-refractivity contribution in [2.75, 3.05) is 16.4 Å². The van der Waals surface area contributed by atoms with Crippen LogP contribution in [0.4, 0.5) is 10.1 Å². The van der Waals surface area contributed by atoms with Crippen molar-refractivity contribution < 1.29 is 12.8 Å². The fraction of sp³-hybridized carbons (Fsp3) is 0.400. The lowest BCUT2D eigenvalue weighted by atomic mass is 10.3. The number of unbranched alkanes of at least 4 members (excludes halogenated alkanes) is 1. The SMILES string of the molecule is O=S(=O)(CCCCCl)Nc1cc(Cl)ccc1F. The standard InChI is InChI=1S/C10H12Cl2FNO2S/c11-5-1-2-6-17(15,16)14-10-7-8(12)3-4-9(10)13/h3-4,7,14H,1-2,5-6H2. The van der Waals surface area contributed by atoms with Gasteiger partial charge in [0.25, 0.3) is 0 Å². The summed E-state index contributed by atoms with van der Waals surface area (Å²) in [6.07, 6.45) is 1.03. The fourth-order valence-corrected chi connectivity index (χ4v) is 2.72. The number of benzene rings is 1. The van der Waals surface area contributed by atoms with Gasteiger partial charge in [-0.1, -0.05) is 11.6 Å². The van der Waals surface area contributed by atoms with Gasteiger partial charge in [0, 0.05) is 10.9 Å². The van der Waals surface area contributed by atoms with Crippen LogP contribution in [0.5, 0.6) is 0 Å². The van der Waals surface area contributed by atoms with E-state index in [1.807, 2.05) is 0 Å². The van der Waals surface area contributed by atoms with E-state index in [9.17, 15) is 12.8 Å². The molecule has 0 atom stereocenters. The van der Waals surface area contributed by atoms with Gasteiger partial charge in [-0.05, 0) is 31.0 Å². The lowest BCUT2D eigenvalue weighted by Gasteiger charge is -2.08. The van der Waals surface area contributed by atoms with Crippen LogP contribution in [0.3, 0.4) is 0 Å². The minimum atomic E-state index is -3.55. The van der Waals surface area contributed by atoms with E-state index in [1.54, 1.807) is 0 Å². The molecule has 0 saturated heterocycles. The Bertz CT molecular complexity index is 479. The van der Waals surface area contributed by atoms with Gasteiger partial charge >= 0.3 is 0 Å². The van der Waals surface area contributed by atoms with Crippen molar-refractivity contribution in [3.8, 4) is 0 Å². The van der Waals surface area contributed by atoms with Crippen LogP contribution in [0.1, 0.15) is 12.8 Å². The van der Waals surface area contributed by atoms with E-state index >= 15 is 0 Å². The number of hydrogen-bond acceptors (Lipinski definition) is 2. The van der Waals surface area contributed by atoms with Crippen molar-refractivity contribution in [1.82, 2.24) is 0 Å². The van der Waals surface area contributed by atoms with Crippen molar-refractivity contribution in [2.24, 2.45) is 0 Å². The second kappa shape index (κ2) is 6.42. The molecular formula is C10H12Cl2FNO2S. The Morgan fingerprint density at radius 3 is 2.65 bits per heavy atom. The van der Waals surface area contributed by atoms with Gasteiger partial charge < -0.3 is 0 Å². The Morgan fingerprint density at radius 1 is 1.29 bits per heavy atom. The van der Waals surface area contributed by atoms with Gasteiger partial charge in [-0.25, -0.2) is 12.8 Å². The van der Waals surface area contributed by atoms with E-state index in [-0.39, 0.29) is 16.5 Å². The second-order valence-corrected chi connectivity index (χ2v) is 6.10. The summed E-state index contributed by atoms with van der Waals surface area (Å²) in [4.78, 5) is 0. The van der Waals surface area contributed by atoms with Crippen LogP contribution in [-0.2, 0) is 10.0 Å². The third-order valence-corrected chi connectivity index (χ3v) is 3.85. The summed E-state index contributed by atoms with van der Waals surface area (Å²) >= 11 is 11.1. The second-order valence-electron chi connectivity index (χ2n) is 3.44. The van der Waals surface area contributed by atoms with Crippen molar-refractivity contribution in [1.29, 1.82) is 0 Å². The summed E-state index contributed by atoms with van der Waals surface area (Å²) in [5.41, 5.74) is -0.136. The summed E-state index contributed by atoms with van der Waals surface area (Å²) in [6, 6.07) is 3.69. The van der Waals surface area contributed by atoms with E-state index in [4.69, 9.17) is 23.2 Å². The quantitative estimate of drug-likeness (QED) is 0.647. The largest absolute Gasteiger partial charge is 0.281 e. The highest BCUT2D eigenvalue weighted by Crippen LogP contribution is 2.20. The molecule has 17 heavy (non-hydrogen) atoms. The maximum atomic E-state index is 13.3. The predicted molar refractivity (Wildman–Crippen MR) is 68.8 cm³/mol. The first-order valence-corrected chi connectivity index (χ1v) is 7.52. The van der Waals surface area contributed by atoms with E-state index in [0.717, 1.165) is 6.07 Å². The molecule has 3 nitrogen and oxygen atoms in total. The first-order chi connectivity index (χ1) is 7.94. The highest BCUT2D eigenvalue weighted by atomic mass is 35.5. The first kappa shape index (κ1) is 14.5. The summed E-state index contributed by atoms with van der Waals surface area (Å²) in [6.45, 7) is 0.